The highest BCUT2D eigenvalue weighted by Gasteiger charge is 2.25. The lowest BCUT2D eigenvalue weighted by Crippen LogP contribution is -2.10. The number of fused-ring (bicyclic) bond motifs is 21. The molecule has 0 N–H and O–H groups in total. The maximum absolute atomic E-state index is 7.08. The van der Waals surface area contributed by atoms with Crippen molar-refractivity contribution in [2.24, 2.45) is 0 Å². The highest BCUT2D eigenvalue weighted by atomic mass is 32.1. The third kappa shape index (κ3) is 9.03. The number of anilines is 6. The van der Waals surface area contributed by atoms with Gasteiger partial charge in [-0.05, 0) is 206 Å². The van der Waals surface area contributed by atoms with Crippen molar-refractivity contribution in [2.75, 3.05) is 9.80 Å². The first kappa shape index (κ1) is 57.8. The van der Waals surface area contributed by atoms with Crippen LogP contribution in [0.5, 0.6) is 0 Å². The Balaban J connectivity index is 0.698. The zero-order valence-electron chi connectivity index (χ0n) is 55.5. The summed E-state index contributed by atoms with van der Waals surface area (Å²) < 4.78 is 16.9. The zero-order chi connectivity index (χ0) is 67.4. The number of hydrogen-bond donors (Lipinski definition) is 0. The third-order valence-electron chi connectivity index (χ3n) is 21.4. The standard InChI is InChI=1S/C96H58N4OS2/c1-3-22-63(23-4-1)99-86-35-13-9-30-73(86)75-45-40-61(52-89(75)99)59-20-17-26-65(50-59)97(68-44-49-95-85(56-68)78-33-12-15-38-93(78)102-95)67-42-47-72-80(54-67)70-28-7-8-29-71(70)81-57-84-83-55-69(43-48-91(83)101-92(84)58-82(72)81)98(88-37-19-34-79-77-32-11-16-39-94(77)103-96(79)88)66-27-18-21-60(51-66)62-41-46-76-74-31-10-14-36-87(74)100(90(76)53-62)64-24-5-2-6-25-64/h1-58H. The number of benzene rings is 17. The summed E-state index contributed by atoms with van der Waals surface area (Å²) in [5, 5.41) is 19.2. The van der Waals surface area contributed by atoms with Gasteiger partial charge in [0.25, 0.3) is 0 Å². The van der Waals surface area contributed by atoms with Gasteiger partial charge in [-0.15, -0.1) is 22.7 Å². The fraction of sp³-hybridized carbons (Fsp3) is 0. The van der Waals surface area contributed by atoms with Gasteiger partial charge in [-0.2, -0.15) is 0 Å². The third-order valence-corrected chi connectivity index (χ3v) is 23.8. The molecular weight excluding hydrogens is 1290 g/mol. The molecule has 0 aliphatic carbocycles. The van der Waals surface area contributed by atoms with Crippen LogP contribution in [0.2, 0.25) is 0 Å². The lowest BCUT2D eigenvalue weighted by atomic mass is 9.92. The number of para-hydroxylation sites is 4. The van der Waals surface area contributed by atoms with Gasteiger partial charge in [0.05, 0.1) is 32.5 Å². The van der Waals surface area contributed by atoms with Gasteiger partial charge in [0.1, 0.15) is 11.2 Å². The molecule has 0 unspecified atom stereocenters. The maximum Gasteiger partial charge on any atom is 0.136 e. The van der Waals surface area contributed by atoms with E-state index in [0.717, 1.165) is 95.1 Å². The Morgan fingerprint density at radius 2 is 0.631 bits per heavy atom. The SMILES string of the molecule is c1ccc(-n2c3ccccc3c3ccc(-c4cccc(N(c5ccc6sc7ccccc7c6c5)c5ccc6c(c5)c5ccccc5c5cc7c(cc65)oc5ccc(N(c6cccc(-c8ccc9c%10ccccc%10n(-c%10ccccc%10)c9c8)c6)c6cccc8c6sc6ccccc68)cc57)c4)cc32)cc1. The Morgan fingerprint density at radius 1 is 0.214 bits per heavy atom. The number of aromatic nitrogens is 2. The lowest BCUT2D eigenvalue weighted by molar-refractivity contribution is 0.669. The summed E-state index contributed by atoms with van der Waals surface area (Å²) >= 11 is 3.71. The zero-order valence-corrected chi connectivity index (χ0v) is 57.1. The molecule has 17 aromatic carbocycles. The minimum atomic E-state index is 0.840. The molecule has 0 fully saturated rings. The molecule has 103 heavy (non-hydrogen) atoms. The fourth-order valence-corrected chi connectivity index (χ4v) is 19.1. The van der Waals surface area contributed by atoms with Gasteiger partial charge >= 0.3 is 0 Å². The molecule has 0 radical (unpaired) electrons. The summed E-state index contributed by atoms with van der Waals surface area (Å²) in [5.74, 6) is 0. The average molecular weight is 1350 g/mol. The molecule has 5 nitrogen and oxygen atoms in total. The molecule has 5 heterocycles. The smallest absolute Gasteiger partial charge is 0.136 e. The summed E-state index contributed by atoms with van der Waals surface area (Å²) in [6.45, 7) is 0. The topological polar surface area (TPSA) is 29.5 Å². The second-order valence-corrected chi connectivity index (χ2v) is 29.2. The van der Waals surface area contributed by atoms with Crippen LogP contribution in [0.1, 0.15) is 0 Å². The summed E-state index contributed by atoms with van der Waals surface area (Å²) in [7, 11) is 0. The van der Waals surface area contributed by atoms with Gasteiger partial charge in [0.15, 0.2) is 0 Å². The van der Waals surface area contributed by atoms with Crippen molar-refractivity contribution in [3.05, 3.63) is 352 Å². The first-order valence-corrected chi connectivity index (χ1v) is 36.7. The maximum atomic E-state index is 7.08. The van der Waals surface area contributed by atoms with Crippen LogP contribution in [0, 0.1) is 0 Å². The monoisotopic (exact) mass is 1350 g/mol. The van der Waals surface area contributed by atoms with Crippen LogP contribution < -0.4 is 9.80 Å². The molecule has 22 aromatic rings. The fourth-order valence-electron chi connectivity index (χ4n) is 16.8. The van der Waals surface area contributed by atoms with Gasteiger partial charge < -0.3 is 23.4 Å². The molecule has 7 heteroatoms. The quantitative estimate of drug-likeness (QED) is 0.128. The van der Waals surface area contributed by atoms with E-state index in [0.29, 0.717) is 0 Å². The van der Waals surface area contributed by atoms with Crippen molar-refractivity contribution in [2.45, 2.75) is 0 Å². The largest absolute Gasteiger partial charge is 0.456 e. The Hall–Kier alpha value is -13.0. The minimum absolute atomic E-state index is 0.840. The van der Waals surface area contributed by atoms with Crippen molar-refractivity contribution < 1.29 is 4.42 Å². The number of furan rings is 1. The molecule has 0 amide bonds. The molecule has 22 rings (SSSR count). The summed E-state index contributed by atoms with van der Waals surface area (Å²) in [4.78, 5) is 4.92. The molecule has 480 valence electrons. The summed E-state index contributed by atoms with van der Waals surface area (Å²) in [6.07, 6.45) is 0. The molecule has 5 aromatic heterocycles. The van der Waals surface area contributed by atoms with E-state index in [9.17, 15) is 0 Å². The van der Waals surface area contributed by atoms with Crippen LogP contribution in [-0.2, 0) is 0 Å². The van der Waals surface area contributed by atoms with E-state index in [1.54, 1.807) is 0 Å². The van der Waals surface area contributed by atoms with Crippen LogP contribution in [0.3, 0.4) is 0 Å². The number of hydrogen-bond acceptors (Lipinski definition) is 5. The second kappa shape index (κ2) is 22.7. The molecule has 0 saturated heterocycles. The van der Waals surface area contributed by atoms with Crippen molar-refractivity contribution in [3.63, 3.8) is 0 Å². The van der Waals surface area contributed by atoms with Crippen molar-refractivity contribution >= 4 is 195 Å². The van der Waals surface area contributed by atoms with E-state index in [1.165, 1.54) is 111 Å². The number of nitrogens with zero attached hydrogens (tertiary/aromatic N) is 4. The molecule has 0 aliphatic heterocycles. The van der Waals surface area contributed by atoms with Crippen LogP contribution in [0.15, 0.2) is 356 Å². The van der Waals surface area contributed by atoms with E-state index >= 15 is 0 Å². The number of rotatable bonds is 10. The van der Waals surface area contributed by atoms with Gasteiger partial charge in [-0.3, -0.25) is 0 Å². The normalized spacial score (nSPS) is 12.1. The lowest BCUT2D eigenvalue weighted by Gasteiger charge is -2.27. The van der Waals surface area contributed by atoms with Crippen molar-refractivity contribution in [1.29, 1.82) is 0 Å². The van der Waals surface area contributed by atoms with Crippen LogP contribution in [-0.4, -0.2) is 9.13 Å². The summed E-state index contributed by atoms with van der Waals surface area (Å²) in [5.41, 5.74) is 19.7. The minimum Gasteiger partial charge on any atom is -0.456 e. The highest BCUT2D eigenvalue weighted by molar-refractivity contribution is 7.26. The van der Waals surface area contributed by atoms with E-state index in [2.05, 4.69) is 371 Å². The van der Waals surface area contributed by atoms with Gasteiger partial charge in [-0.25, -0.2) is 0 Å². The van der Waals surface area contributed by atoms with Crippen molar-refractivity contribution in [3.8, 4) is 33.6 Å². The van der Waals surface area contributed by atoms with Gasteiger partial charge in [0, 0.05) is 108 Å². The van der Waals surface area contributed by atoms with E-state index in [1.807, 2.05) is 22.7 Å². The van der Waals surface area contributed by atoms with Gasteiger partial charge in [0.2, 0.25) is 0 Å². The van der Waals surface area contributed by atoms with Crippen LogP contribution in [0.25, 0.3) is 172 Å². The number of thiophene rings is 2. The van der Waals surface area contributed by atoms with E-state index in [-0.39, 0.29) is 0 Å². The first-order valence-electron chi connectivity index (χ1n) is 35.1. The van der Waals surface area contributed by atoms with E-state index in [4.69, 9.17) is 4.42 Å². The highest BCUT2D eigenvalue weighted by Crippen LogP contribution is 2.50. The van der Waals surface area contributed by atoms with Gasteiger partial charge in [-0.1, -0.05) is 200 Å². The average Bonchev–Trinajstić information content (AvgIpc) is 1.72. The van der Waals surface area contributed by atoms with E-state index < -0.39 is 0 Å². The predicted octanol–water partition coefficient (Wildman–Crippen LogP) is 28.2. The molecule has 0 saturated carbocycles. The molecule has 0 spiro atoms. The molecule has 0 bridgehead atoms. The molecular formula is C96H58N4OS2. The Bertz CT molecular complexity index is 7280. The van der Waals surface area contributed by atoms with Crippen molar-refractivity contribution in [1.82, 2.24) is 9.13 Å². The second-order valence-electron chi connectivity index (χ2n) is 27.1. The Morgan fingerprint density at radius 3 is 1.28 bits per heavy atom. The Kier molecular flexibility index (Phi) is 12.8. The Labute approximate surface area is 599 Å². The molecule has 0 atom stereocenters. The molecule has 0 aliphatic rings. The van der Waals surface area contributed by atoms with Crippen LogP contribution >= 0.6 is 22.7 Å². The summed E-state index contributed by atoms with van der Waals surface area (Å²) in [6, 6.07) is 130. The first-order chi connectivity index (χ1) is 51.0. The predicted molar refractivity (Wildman–Crippen MR) is 441 cm³/mol. The van der Waals surface area contributed by atoms with Crippen LogP contribution in [0.4, 0.5) is 34.1 Å².